The third-order valence-electron chi connectivity index (χ3n) is 4.40. The predicted molar refractivity (Wildman–Crippen MR) is 71.0 cm³/mol. The van der Waals surface area contributed by atoms with Crippen LogP contribution in [-0.4, -0.2) is 43.9 Å². The number of ether oxygens (including phenoxy) is 3. The highest BCUT2D eigenvalue weighted by atomic mass is 16.6. The van der Waals surface area contributed by atoms with Crippen molar-refractivity contribution in [3.8, 4) is 17.2 Å². The molecule has 0 aliphatic carbocycles. The molecule has 1 atom stereocenters. The van der Waals surface area contributed by atoms with E-state index in [1.165, 1.54) is 25.9 Å². The van der Waals surface area contributed by atoms with Gasteiger partial charge in [0.05, 0.1) is 0 Å². The van der Waals surface area contributed by atoms with Gasteiger partial charge in [-0.15, -0.1) is 0 Å². The molecule has 0 N–H and O–H groups in total. The zero-order valence-corrected chi connectivity index (χ0v) is 11.0. The van der Waals surface area contributed by atoms with Gasteiger partial charge in [0.2, 0.25) is 0 Å². The molecule has 1 aromatic carbocycles. The predicted octanol–water partition coefficient (Wildman–Crippen LogP) is 1.93. The molecular formula is C15H19NO3. The number of fused-ring (bicyclic) bond motifs is 4. The molecule has 0 saturated carbocycles. The lowest BCUT2D eigenvalue weighted by Crippen LogP contribution is -2.52. The maximum absolute atomic E-state index is 6.18. The number of hydrogen-bond acceptors (Lipinski definition) is 4. The summed E-state index contributed by atoms with van der Waals surface area (Å²) in [4.78, 5) is 2.50. The van der Waals surface area contributed by atoms with Gasteiger partial charge in [-0.1, -0.05) is 0 Å². The average molecular weight is 261 g/mol. The zero-order chi connectivity index (χ0) is 12.7. The molecule has 4 aliphatic rings. The smallest absolute Gasteiger partial charge is 0.165 e. The Balaban J connectivity index is 1.50. The third kappa shape index (κ3) is 2.14. The van der Waals surface area contributed by atoms with Crippen LogP contribution in [0.2, 0.25) is 0 Å². The second kappa shape index (κ2) is 4.60. The highest BCUT2D eigenvalue weighted by Gasteiger charge is 2.35. The van der Waals surface area contributed by atoms with E-state index >= 15 is 0 Å². The van der Waals surface area contributed by atoms with Crippen molar-refractivity contribution in [2.45, 2.75) is 18.9 Å². The average Bonchev–Trinajstić information content (AvgIpc) is 2.48. The molecule has 3 fully saturated rings. The normalized spacial score (nSPS) is 32.1. The van der Waals surface area contributed by atoms with Crippen LogP contribution < -0.4 is 14.2 Å². The van der Waals surface area contributed by atoms with Crippen LogP contribution in [0.15, 0.2) is 18.2 Å². The minimum absolute atomic E-state index is 0.338. The molecule has 4 aliphatic heterocycles. The first kappa shape index (κ1) is 11.4. The Hall–Kier alpha value is -1.42. The van der Waals surface area contributed by atoms with Crippen LogP contribution >= 0.6 is 0 Å². The van der Waals surface area contributed by atoms with Crippen LogP contribution in [0.4, 0.5) is 0 Å². The van der Waals surface area contributed by atoms with Gasteiger partial charge in [-0.3, -0.25) is 4.90 Å². The summed E-state index contributed by atoms with van der Waals surface area (Å²) >= 11 is 0. The third-order valence-corrected chi connectivity index (χ3v) is 4.40. The van der Waals surface area contributed by atoms with Gasteiger partial charge in [0.25, 0.3) is 0 Å². The topological polar surface area (TPSA) is 30.9 Å². The molecule has 0 amide bonds. The van der Waals surface area contributed by atoms with E-state index < -0.39 is 0 Å². The summed E-state index contributed by atoms with van der Waals surface area (Å²) in [5, 5.41) is 0. The van der Waals surface area contributed by atoms with Crippen LogP contribution in [0.5, 0.6) is 17.2 Å². The van der Waals surface area contributed by atoms with E-state index in [1.807, 2.05) is 18.2 Å². The number of nitrogens with zero attached hydrogens (tertiary/aromatic N) is 1. The van der Waals surface area contributed by atoms with Crippen molar-refractivity contribution in [1.82, 2.24) is 4.90 Å². The largest absolute Gasteiger partial charge is 0.489 e. The van der Waals surface area contributed by atoms with Crippen LogP contribution in [-0.2, 0) is 0 Å². The van der Waals surface area contributed by atoms with Crippen LogP contribution in [0.25, 0.3) is 0 Å². The molecule has 0 spiro atoms. The summed E-state index contributed by atoms with van der Waals surface area (Å²) in [5.41, 5.74) is 0. The van der Waals surface area contributed by atoms with Crippen molar-refractivity contribution in [1.29, 1.82) is 0 Å². The summed E-state index contributed by atoms with van der Waals surface area (Å²) in [6.07, 6.45) is 2.88. The molecular weight excluding hydrogens is 242 g/mol. The number of piperidine rings is 3. The van der Waals surface area contributed by atoms with E-state index in [4.69, 9.17) is 14.2 Å². The monoisotopic (exact) mass is 261 g/mol. The summed E-state index contributed by atoms with van der Waals surface area (Å²) in [7, 11) is 0. The van der Waals surface area contributed by atoms with E-state index in [2.05, 4.69) is 4.90 Å². The van der Waals surface area contributed by atoms with Crippen LogP contribution in [0.1, 0.15) is 12.8 Å². The highest BCUT2D eigenvalue weighted by molar-refractivity contribution is 5.46. The maximum atomic E-state index is 6.18. The van der Waals surface area contributed by atoms with E-state index in [0.717, 1.165) is 29.7 Å². The van der Waals surface area contributed by atoms with Crippen molar-refractivity contribution in [2.75, 3.05) is 32.8 Å². The van der Waals surface area contributed by atoms with Gasteiger partial charge in [-0.2, -0.15) is 0 Å². The fourth-order valence-electron chi connectivity index (χ4n) is 3.32. The van der Waals surface area contributed by atoms with Gasteiger partial charge in [0.1, 0.15) is 25.1 Å². The molecule has 3 saturated heterocycles. The lowest BCUT2D eigenvalue weighted by molar-refractivity contribution is -0.00796. The SMILES string of the molecule is c1cc2c(cc1O[C@H]1CN3CCC1CC3)OCCO2. The van der Waals surface area contributed by atoms with Crippen molar-refractivity contribution >= 4 is 0 Å². The minimum atomic E-state index is 0.338. The van der Waals surface area contributed by atoms with E-state index in [-0.39, 0.29) is 0 Å². The molecule has 4 nitrogen and oxygen atoms in total. The molecule has 2 bridgehead atoms. The molecule has 0 unspecified atom stereocenters. The summed E-state index contributed by atoms with van der Waals surface area (Å²) in [5.74, 6) is 3.26. The Morgan fingerprint density at radius 1 is 1.05 bits per heavy atom. The van der Waals surface area contributed by atoms with E-state index in [0.29, 0.717) is 19.3 Å². The van der Waals surface area contributed by atoms with Gasteiger partial charge >= 0.3 is 0 Å². The van der Waals surface area contributed by atoms with Crippen molar-refractivity contribution in [3.63, 3.8) is 0 Å². The minimum Gasteiger partial charge on any atom is -0.489 e. The molecule has 0 aromatic heterocycles. The van der Waals surface area contributed by atoms with E-state index in [1.54, 1.807) is 0 Å². The molecule has 102 valence electrons. The zero-order valence-electron chi connectivity index (χ0n) is 11.0. The standard InChI is InChI=1S/C15H19NO3/c1-2-13-14(18-8-7-17-13)9-12(1)19-15-10-16-5-3-11(15)4-6-16/h1-2,9,11,15H,3-8,10H2/t15-/m0/s1. The Morgan fingerprint density at radius 3 is 2.58 bits per heavy atom. The lowest BCUT2D eigenvalue weighted by Gasteiger charge is -2.44. The summed E-state index contributed by atoms with van der Waals surface area (Å²) in [6, 6.07) is 5.91. The second-order valence-electron chi connectivity index (χ2n) is 5.60. The van der Waals surface area contributed by atoms with Crippen LogP contribution in [0, 0.1) is 5.92 Å². The highest BCUT2D eigenvalue weighted by Crippen LogP contribution is 2.36. The van der Waals surface area contributed by atoms with Crippen LogP contribution in [0.3, 0.4) is 0 Å². The molecule has 19 heavy (non-hydrogen) atoms. The van der Waals surface area contributed by atoms with Crippen molar-refractivity contribution in [2.24, 2.45) is 5.92 Å². The van der Waals surface area contributed by atoms with Gasteiger partial charge in [-0.05, 0) is 44.0 Å². The molecule has 4 heteroatoms. The first-order valence-electron chi connectivity index (χ1n) is 7.17. The summed E-state index contributed by atoms with van der Waals surface area (Å²) in [6.45, 7) is 4.81. The maximum Gasteiger partial charge on any atom is 0.165 e. The fourth-order valence-corrected chi connectivity index (χ4v) is 3.32. The number of benzene rings is 1. The van der Waals surface area contributed by atoms with Gasteiger partial charge in [-0.25, -0.2) is 0 Å². The quantitative estimate of drug-likeness (QED) is 0.814. The second-order valence-corrected chi connectivity index (χ2v) is 5.60. The Morgan fingerprint density at radius 2 is 1.84 bits per heavy atom. The van der Waals surface area contributed by atoms with Gasteiger partial charge in [0, 0.05) is 12.6 Å². The van der Waals surface area contributed by atoms with Gasteiger partial charge in [0.15, 0.2) is 11.5 Å². The fraction of sp³-hybridized carbons (Fsp3) is 0.600. The molecule has 5 rings (SSSR count). The molecule has 1 aromatic rings. The van der Waals surface area contributed by atoms with Crippen molar-refractivity contribution < 1.29 is 14.2 Å². The molecule has 4 heterocycles. The van der Waals surface area contributed by atoms with Crippen molar-refractivity contribution in [3.05, 3.63) is 18.2 Å². The Kier molecular flexibility index (Phi) is 2.76. The first-order chi connectivity index (χ1) is 9.38. The molecule has 0 radical (unpaired) electrons. The first-order valence-corrected chi connectivity index (χ1v) is 7.17. The summed E-state index contributed by atoms with van der Waals surface area (Å²) < 4.78 is 17.3. The van der Waals surface area contributed by atoms with Gasteiger partial charge < -0.3 is 14.2 Å². The number of rotatable bonds is 2. The number of hydrogen-bond donors (Lipinski definition) is 0. The van der Waals surface area contributed by atoms with E-state index in [9.17, 15) is 0 Å². The Bertz CT molecular complexity index is 468. The Labute approximate surface area is 113 Å². The lowest BCUT2D eigenvalue weighted by atomic mass is 9.86.